The second kappa shape index (κ2) is 7.50. The van der Waals surface area contributed by atoms with Gasteiger partial charge in [0.2, 0.25) is 0 Å². The maximum atomic E-state index is 12.8. The standard InChI is InChI=1S/C21H30N2O4/c1-20(2)11-15(13-24)12-23(14-20)19(26)22-17-7-4-6-16(10-17)21(8-5-9-21)18(25)27-3/h4,6-7,10,15,24H,5,8-9,11-14H2,1-3H3,(H,22,26). The number of urea groups is 1. The molecule has 0 bridgehead atoms. The number of rotatable bonds is 4. The fraction of sp³-hybridized carbons (Fsp3) is 0.619. The van der Waals surface area contributed by atoms with Crippen LogP contribution in [0.5, 0.6) is 0 Å². The summed E-state index contributed by atoms with van der Waals surface area (Å²) in [6.45, 7) is 5.53. The second-order valence-electron chi connectivity index (χ2n) is 8.74. The van der Waals surface area contributed by atoms with E-state index in [9.17, 15) is 14.7 Å². The number of aliphatic hydroxyl groups excluding tert-OH is 1. The highest BCUT2D eigenvalue weighted by atomic mass is 16.5. The zero-order valence-electron chi connectivity index (χ0n) is 16.5. The molecule has 1 aliphatic carbocycles. The molecular formula is C21H30N2O4. The van der Waals surface area contributed by atoms with Crippen molar-refractivity contribution in [2.75, 3.05) is 32.1 Å². The van der Waals surface area contributed by atoms with Crippen LogP contribution in [0.25, 0.3) is 0 Å². The third-order valence-corrected chi connectivity index (χ3v) is 5.93. The van der Waals surface area contributed by atoms with Gasteiger partial charge in [-0.15, -0.1) is 0 Å². The van der Waals surface area contributed by atoms with Crippen LogP contribution in [0.3, 0.4) is 0 Å². The summed E-state index contributed by atoms with van der Waals surface area (Å²) in [4.78, 5) is 26.9. The second-order valence-corrected chi connectivity index (χ2v) is 8.74. The molecule has 1 unspecified atom stereocenters. The van der Waals surface area contributed by atoms with Crippen molar-refractivity contribution in [3.8, 4) is 0 Å². The van der Waals surface area contributed by atoms with E-state index in [0.29, 0.717) is 18.8 Å². The largest absolute Gasteiger partial charge is 0.468 e. The lowest BCUT2D eigenvalue weighted by atomic mass is 9.64. The summed E-state index contributed by atoms with van der Waals surface area (Å²) in [5.41, 5.74) is 0.971. The maximum Gasteiger partial charge on any atom is 0.321 e. The lowest BCUT2D eigenvalue weighted by molar-refractivity contribution is -0.151. The molecule has 6 heteroatoms. The molecule has 27 heavy (non-hydrogen) atoms. The van der Waals surface area contributed by atoms with Gasteiger partial charge in [0, 0.05) is 31.3 Å². The quantitative estimate of drug-likeness (QED) is 0.794. The normalized spacial score (nSPS) is 23.3. The van der Waals surface area contributed by atoms with E-state index in [1.165, 1.54) is 7.11 Å². The Hall–Kier alpha value is -2.08. The number of nitrogens with one attached hydrogen (secondary N) is 1. The molecule has 1 atom stereocenters. The van der Waals surface area contributed by atoms with Gasteiger partial charge in [-0.05, 0) is 42.4 Å². The van der Waals surface area contributed by atoms with E-state index >= 15 is 0 Å². The van der Waals surface area contributed by atoms with Crippen molar-refractivity contribution in [3.05, 3.63) is 29.8 Å². The molecule has 1 aromatic rings. The Labute approximate surface area is 160 Å². The van der Waals surface area contributed by atoms with Gasteiger partial charge in [-0.3, -0.25) is 4.79 Å². The molecule has 0 spiro atoms. The molecule has 2 aliphatic rings. The van der Waals surface area contributed by atoms with E-state index in [-0.39, 0.29) is 29.9 Å². The third kappa shape index (κ3) is 3.95. The predicted molar refractivity (Wildman–Crippen MR) is 104 cm³/mol. The number of esters is 1. The van der Waals surface area contributed by atoms with Crippen LogP contribution in [0.2, 0.25) is 0 Å². The monoisotopic (exact) mass is 374 g/mol. The van der Waals surface area contributed by atoms with Crippen LogP contribution in [0.15, 0.2) is 24.3 Å². The summed E-state index contributed by atoms with van der Waals surface area (Å²) in [6, 6.07) is 7.34. The average molecular weight is 374 g/mol. The predicted octanol–water partition coefficient (Wildman–Crippen LogP) is 3.15. The smallest absolute Gasteiger partial charge is 0.321 e. The van der Waals surface area contributed by atoms with Crippen molar-refractivity contribution >= 4 is 17.7 Å². The van der Waals surface area contributed by atoms with Gasteiger partial charge in [-0.25, -0.2) is 4.79 Å². The number of aliphatic hydroxyl groups is 1. The molecule has 1 aromatic carbocycles. The number of carbonyl (C=O) groups excluding carboxylic acids is 2. The van der Waals surface area contributed by atoms with E-state index in [2.05, 4.69) is 19.2 Å². The van der Waals surface area contributed by atoms with E-state index in [1.807, 2.05) is 24.3 Å². The number of hydrogen-bond donors (Lipinski definition) is 2. The number of methoxy groups -OCH3 is 1. The maximum absolute atomic E-state index is 12.8. The van der Waals surface area contributed by atoms with Gasteiger partial charge in [0.05, 0.1) is 12.5 Å². The van der Waals surface area contributed by atoms with Gasteiger partial charge >= 0.3 is 12.0 Å². The van der Waals surface area contributed by atoms with Gasteiger partial charge < -0.3 is 20.1 Å². The lowest BCUT2D eigenvalue weighted by Gasteiger charge is -2.42. The van der Waals surface area contributed by atoms with Gasteiger partial charge in [-0.1, -0.05) is 32.4 Å². The molecule has 2 fully saturated rings. The first-order valence-corrected chi connectivity index (χ1v) is 9.65. The van der Waals surface area contributed by atoms with Crippen molar-refractivity contribution in [2.45, 2.75) is 44.9 Å². The molecule has 1 heterocycles. The number of hydrogen-bond acceptors (Lipinski definition) is 4. The highest BCUT2D eigenvalue weighted by Crippen LogP contribution is 2.45. The van der Waals surface area contributed by atoms with Crippen LogP contribution in [-0.4, -0.2) is 48.8 Å². The van der Waals surface area contributed by atoms with Crippen LogP contribution in [-0.2, 0) is 14.9 Å². The van der Waals surface area contributed by atoms with Crippen molar-refractivity contribution in [1.29, 1.82) is 0 Å². The number of amides is 2. The first-order chi connectivity index (χ1) is 12.8. The number of benzene rings is 1. The lowest BCUT2D eigenvalue weighted by Crippen LogP contribution is -2.49. The Balaban J connectivity index is 1.74. The summed E-state index contributed by atoms with van der Waals surface area (Å²) >= 11 is 0. The molecule has 1 aliphatic heterocycles. The molecule has 0 aromatic heterocycles. The molecule has 1 saturated carbocycles. The molecule has 1 saturated heterocycles. The van der Waals surface area contributed by atoms with Gasteiger partial charge in [-0.2, -0.15) is 0 Å². The average Bonchev–Trinajstić information content (AvgIpc) is 2.59. The van der Waals surface area contributed by atoms with Gasteiger partial charge in [0.15, 0.2) is 0 Å². The van der Waals surface area contributed by atoms with Crippen LogP contribution in [0, 0.1) is 11.3 Å². The third-order valence-electron chi connectivity index (χ3n) is 5.93. The first kappa shape index (κ1) is 19.7. The van der Waals surface area contributed by atoms with Crippen LogP contribution >= 0.6 is 0 Å². The summed E-state index contributed by atoms with van der Waals surface area (Å²) in [5.74, 6) is -0.107. The molecule has 3 rings (SSSR count). The highest BCUT2D eigenvalue weighted by Gasteiger charge is 2.46. The molecule has 2 N–H and O–H groups in total. The Bertz CT molecular complexity index is 712. The number of carbonyl (C=O) groups is 2. The van der Waals surface area contributed by atoms with E-state index in [1.54, 1.807) is 4.90 Å². The van der Waals surface area contributed by atoms with Crippen molar-refractivity contribution in [2.24, 2.45) is 11.3 Å². The molecule has 0 radical (unpaired) electrons. The molecule has 148 valence electrons. The number of ether oxygens (including phenoxy) is 1. The molecule has 6 nitrogen and oxygen atoms in total. The number of likely N-dealkylation sites (tertiary alicyclic amines) is 1. The fourth-order valence-corrected chi connectivity index (χ4v) is 4.51. The zero-order valence-corrected chi connectivity index (χ0v) is 16.5. The van der Waals surface area contributed by atoms with Gasteiger partial charge in [0.25, 0.3) is 0 Å². The minimum atomic E-state index is -0.579. The summed E-state index contributed by atoms with van der Waals surface area (Å²) < 4.78 is 5.02. The Morgan fingerprint density at radius 1 is 1.33 bits per heavy atom. The van der Waals surface area contributed by atoms with Crippen LogP contribution in [0.1, 0.15) is 45.1 Å². The zero-order chi connectivity index (χ0) is 19.7. The van der Waals surface area contributed by atoms with E-state index in [0.717, 1.165) is 31.2 Å². The van der Waals surface area contributed by atoms with Crippen molar-refractivity contribution < 1.29 is 19.4 Å². The first-order valence-electron chi connectivity index (χ1n) is 9.65. The van der Waals surface area contributed by atoms with Crippen molar-refractivity contribution in [3.63, 3.8) is 0 Å². The number of anilines is 1. The SMILES string of the molecule is COC(=O)C1(c2cccc(NC(=O)N3CC(CO)CC(C)(C)C3)c2)CCC1. The minimum absolute atomic E-state index is 0.0221. The number of nitrogens with zero attached hydrogens (tertiary/aromatic N) is 1. The van der Waals surface area contributed by atoms with Crippen molar-refractivity contribution in [1.82, 2.24) is 4.90 Å². The van der Waals surface area contributed by atoms with Gasteiger partial charge in [0.1, 0.15) is 0 Å². The number of piperidine rings is 1. The fourth-order valence-electron chi connectivity index (χ4n) is 4.51. The molecular weight excluding hydrogens is 344 g/mol. The van der Waals surface area contributed by atoms with Crippen LogP contribution < -0.4 is 5.32 Å². The van der Waals surface area contributed by atoms with E-state index < -0.39 is 5.41 Å². The summed E-state index contributed by atoms with van der Waals surface area (Å²) in [6.07, 6.45) is 3.45. The Kier molecular flexibility index (Phi) is 5.47. The van der Waals surface area contributed by atoms with E-state index in [4.69, 9.17) is 4.74 Å². The summed E-state index contributed by atoms with van der Waals surface area (Å²) in [5, 5.41) is 12.5. The summed E-state index contributed by atoms with van der Waals surface area (Å²) in [7, 11) is 1.42. The highest BCUT2D eigenvalue weighted by molar-refractivity contribution is 5.90. The topological polar surface area (TPSA) is 78.9 Å². The Morgan fingerprint density at radius 2 is 2.07 bits per heavy atom. The Morgan fingerprint density at radius 3 is 2.67 bits per heavy atom. The molecule has 2 amide bonds. The van der Waals surface area contributed by atoms with Crippen LogP contribution in [0.4, 0.5) is 10.5 Å². The minimum Gasteiger partial charge on any atom is -0.468 e.